The number of hydrogen-bond acceptors (Lipinski definition) is 2. The number of benzene rings is 5. The van der Waals surface area contributed by atoms with Gasteiger partial charge in [-0.2, -0.15) is 9.13 Å². The van der Waals surface area contributed by atoms with E-state index in [1.165, 1.54) is 32.9 Å². The maximum absolute atomic E-state index is 6.74. The van der Waals surface area contributed by atoms with Gasteiger partial charge in [0, 0.05) is 22.4 Å². The van der Waals surface area contributed by atoms with E-state index in [-0.39, 0.29) is 0 Å². The fourth-order valence-corrected chi connectivity index (χ4v) is 7.90. The Morgan fingerprint density at radius 2 is 1.43 bits per heavy atom. The molecule has 11 rings (SSSR count). The van der Waals surface area contributed by atoms with Gasteiger partial charge in [-0.1, -0.05) is 77.5 Å². The van der Waals surface area contributed by atoms with E-state index < -0.39 is 5.66 Å². The van der Waals surface area contributed by atoms with E-state index in [0.717, 1.165) is 45.4 Å². The molecule has 44 heavy (non-hydrogen) atoms. The fourth-order valence-electron chi connectivity index (χ4n) is 7.90. The molecule has 8 aromatic rings. The number of nitrogens with zero attached hydrogens (tertiary/aromatic N) is 5. The third kappa shape index (κ3) is 2.49. The lowest BCUT2D eigenvalue weighted by molar-refractivity contribution is -0.995. The van der Waals surface area contributed by atoms with Gasteiger partial charge in [0.05, 0.1) is 11.3 Å². The first-order valence-electron chi connectivity index (χ1n) is 14.9. The molecule has 0 saturated heterocycles. The van der Waals surface area contributed by atoms with Gasteiger partial charge in [-0.25, -0.2) is 0 Å². The molecular weight excluding hydrogens is 542 g/mol. The molecule has 5 aromatic carbocycles. The minimum Gasteiger partial charge on any atom is -0.456 e. The number of hydrogen-bond donors (Lipinski definition) is 0. The Balaban J connectivity index is 1.28. The maximum Gasteiger partial charge on any atom is 0.337 e. The fraction of sp³-hybridized carbons (Fsp3) is 0.0263. The Labute approximate surface area is 251 Å². The summed E-state index contributed by atoms with van der Waals surface area (Å²) in [5.74, 6) is 2.82. The number of fused-ring (bicyclic) bond motifs is 7. The van der Waals surface area contributed by atoms with Gasteiger partial charge < -0.3 is 4.74 Å². The molecule has 1 atom stereocenters. The minimum absolute atomic E-state index is 0.734. The molecule has 0 aliphatic carbocycles. The van der Waals surface area contributed by atoms with Crippen molar-refractivity contribution in [2.24, 2.45) is 0 Å². The van der Waals surface area contributed by atoms with Crippen molar-refractivity contribution in [3.63, 3.8) is 0 Å². The van der Waals surface area contributed by atoms with Crippen LogP contribution in [0.2, 0.25) is 0 Å². The van der Waals surface area contributed by atoms with Crippen molar-refractivity contribution in [3.05, 3.63) is 151 Å². The summed E-state index contributed by atoms with van der Waals surface area (Å²) in [6.07, 6.45) is 4.41. The molecule has 3 aromatic heterocycles. The van der Waals surface area contributed by atoms with Crippen LogP contribution in [0.1, 0.15) is 11.1 Å². The van der Waals surface area contributed by atoms with Crippen LogP contribution in [0.5, 0.6) is 11.5 Å². The van der Waals surface area contributed by atoms with E-state index in [1.54, 1.807) is 0 Å². The van der Waals surface area contributed by atoms with Crippen LogP contribution in [0.15, 0.2) is 140 Å². The molecule has 0 N–H and O–H groups in total. The van der Waals surface area contributed by atoms with E-state index in [2.05, 4.69) is 158 Å². The van der Waals surface area contributed by atoms with Gasteiger partial charge in [-0.15, -0.1) is 0 Å². The smallest absolute Gasteiger partial charge is 0.337 e. The molecule has 0 fully saturated rings. The van der Waals surface area contributed by atoms with Crippen molar-refractivity contribution in [2.45, 2.75) is 5.66 Å². The Morgan fingerprint density at radius 3 is 2.39 bits per heavy atom. The number of ether oxygens (including phenoxy) is 1. The first-order valence-corrected chi connectivity index (χ1v) is 14.9. The van der Waals surface area contributed by atoms with E-state index in [1.807, 2.05) is 0 Å². The second-order valence-electron chi connectivity index (χ2n) is 11.7. The molecule has 6 nitrogen and oxygen atoms in total. The van der Waals surface area contributed by atoms with Crippen molar-refractivity contribution in [1.29, 1.82) is 0 Å². The van der Waals surface area contributed by atoms with Crippen LogP contribution in [0.3, 0.4) is 0 Å². The third-order valence-corrected chi connectivity index (χ3v) is 9.60. The van der Waals surface area contributed by atoms with Crippen molar-refractivity contribution < 1.29 is 14.0 Å². The molecule has 6 heteroatoms. The van der Waals surface area contributed by atoms with Gasteiger partial charge in [0.15, 0.2) is 11.7 Å². The zero-order valence-corrected chi connectivity index (χ0v) is 23.4. The summed E-state index contributed by atoms with van der Waals surface area (Å²) in [6.45, 7) is 0. The molecule has 6 heterocycles. The van der Waals surface area contributed by atoms with Crippen LogP contribution in [-0.2, 0) is 5.66 Å². The predicted molar refractivity (Wildman–Crippen MR) is 167 cm³/mol. The summed E-state index contributed by atoms with van der Waals surface area (Å²) in [4.78, 5) is 2.07. The summed E-state index contributed by atoms with van der Waals surface area (Å²) in [7, 11) is 0. The predicted octanol–water partition coefficient (Wildman–Crippen LogP) is 6.91. The highest BCUT2D eigenvalue weighted by molar-refractivity contribution is 6.11. The molecular formula is C38H23N5O+2. The average molecular weight is 566 g/mol. The zero-order chi connectivity index (χ0) is 28.6. The van der Waals surface area contributed by atoms with Crippen LogP contribution in [0.4, 0.5) is 0 Å². The van der Waals surface area contributed by atoms with Crippen molar-refractivity contribution in [3.8, 4) is 45.4 Å². The number of aromatic nitrogens is 5. The second kappa shape index (κ2) is 7.68. The van der Waals surface area contributed by atoms with Crippen LogP contribution in [0.25, 0.3) is 55.7 Å². The molecule has 3 aliphatic heterocycles. The van der Waals surface area contributed by atoms with Crippen molar-refractivity contribution in [1.82, 2.24) is 14.5 Å². The second-order valence-corrected chi connectivity index (χ2v) is 11.7. The van der Waals surface area contributed by atoms with Gasteiger partial charge in [-0.3, -0.25) is 0 Å². The number of rotatable bonds is 2. The molecule has 0 amide bonds. The SMILES string of the molecule is c1ccc(-c2cccc(-c3c[n+]4n(n3)-c3cccc5c3C43c4c(ccc6c7ccccc7n(c46)-c4cccc[n+]43)O5)c2)cc1. The molecule has 3 aliphatic rings. The largest absolute Gasteiger partial charge is 0.456 e. The first-order chi connectivity index (χ1) is 21.8. The van der Waals surface area contributed by atoms with Crippen LogP contribution in [-0.4, -0.2) is 14.5 Å². The lowest BCUT2D eigenvalue weighted by Crippen LogP contribution is -2.76. The summed E-state index contributed by atoms with van der Waals surface area (Å²) in [6, 6.07) is 45.0. The van der Waals surface area contributed by atoms with Crippen LogP contribution < -0.4 is 14.0 Å². The minimum atomic E-state index is -0.734. The first kappa shape index (κ1) is 22.6. The quantitative estimate of drug-likeness (QED) is 0.214. The molecule has 0 saturated carbocycles. The molecule has 0 bridgehead atoms. The maximum atomic E-state index is 6.74. The van der Waals surface area contributed by atoms with Gasteiger partial charge >= 0.3 is 5.66 Å². The van der Waals surface area contributed by atoms with Gasteiger partial charge in [-0.05, 0) is 64.5 Å². The lowest BCUT2D eigenvalue weighted by Gasteiger charge is -2.34. The summed E-state index contributed by atoms with van der Waals surface area (Å²) in [5, 5.41) is 7.73. The van der Waals surface area contributed by atoms with E-state index in [4.69, 9.17) is 9.84 Å². The Hall–Kier alpha value is -6.01. The highest BCUT2D eigenvalue weighted by Crippen LogP contribution is 2.54. The van der Waals surface area contributed by atoms with Gasteiger partial charge in [0.2, 0.25) is 5.69 Å². The van der Waals surface area contributed by atoms with E-state index in [9.17, 15) is 0 Å². The molecule has 1 unspecified atom stereocenters. The van der Waals surface area contributed by atoms with Crippen molar-refractivity contribution >= 4 is 21.8 Å². The molecule has 1 spiro atoms. The topological polar surface area (TPSA) is 39.7 Å². The summed E-state index contributed by atoms with van der Waals surface area (Å²) < 4.78 is 13.9. The number of pyridine rings is 1. The Morgan fingerprint density at radius 1 is 0.636 bits per heavy atom. The lowest BCUT2D eigenvalue weighted by atomic mass is 9.84. The van der Waals surface area contributed by atoms with Gasteiger partial charge in [0.25, 0.3) is 5.82 Å². The standard InChI is InChI=1S/C38H23N5O/c1-2-10-24(11-3-1)25-12-8-13-26(22-25)29-23-41-38-35-31(43(41)39-29)16-9-17-32(35)44-33-20-19-28-27-14-4-5-15-30(27)42(37(28)36(33)38)34-18-6-7-21-40(34)38/h1-23H/q+2. The normalized spacial score (nSPS) is 16.5. The highest BCUT2D eigenvalue weighted by atomic mass is 16.5. The van der Waals surface area contributed by atoms with Crippen LogP contribution >= 0.6 is 0 Å². The summed E-state index contributed by atoms with van der Waals surface area (Å²) >= 11 is 0. The van der Waals surface area contributed by atoms with Gasteiger partial charge in [0.1, 0.15) is 33.8 Å². The molecule has 0 radical (unpaired) electrons. The monoisotopic (exact) mass is 565 g/mol. The van der Waals surface area contributed by atoms with Crippen LogP contribution in [0, 0.1) is 0 Å². The van der Waals surface area contributed by atoms with E-state index >= 15 is 0 Å². The van der Waals surface area contributed by atoms with E-state index in [0.29, 0.717) is 0 Å². The zero-order valence-electron chi connectivity index (χ0n) is 23.4. The third-order valence-electron chi connectivity index (χ3n) is 9.60. The molecule has 204 valence electrons. The summed E-state index contributed by atoms with van der Waals surface area (Å²) in [5.41, 5.74) is 9.21. The number of para-hydroxylation sites is 1. The Kier molecular flexibility index (Phi) is 3.94. The highest BCUT2D eigenvalue weighted by Gasteiger charge is 2.66. The Bertz CT molecular complexity index is 2540. The van der Waals surface area contributed by atoms with Crippen molar-refractivity contribution in [2.75, 3.05) is 0 Å². The average Bonchev–Trinajstić information content (AvgIpc) is 3.75.